The minimum absolute atomic E-state index is 0.0981. The molecule has 0 spiro atoms. The van der Waals surface area contributed by atoms with Gasteiger partial charge in [0.05, 0.1) is 16.3 Å². The highest BCUT2D eigenvalue weighted by atomic mass is 35.5. The van der Waals surface area contributed by atoms with Gasteiger partial charge in [-0.25, -0.2) is 0 Å². The molecular weight excluding hydrogens is 523 g/mol. The number of hydrogen-bond donors (Lipinski definition) is 2. The summed E-state index contributed by atoms with van der Waals surface area (Å²) in [4.78, 5) is 28.9. The van der Waals surface area contributed by atoms with Crippen LogP contribution < -0.4 is 10.0 Å². The lowest BCUT2D eigenvalue weighted by atomic mass is 10.1. The molecule has 0 aliphatic rings. The van der Waals surface area contributed by atoms with Crippen LogP contribution >= 0.6 is 23.5 Å². The zero-order valence-corrected chi connectivity index (χ0v) is 22.7. The van der Waals surface area contributed by atoms with Crippen LogP contribution in [-0.4, -0.2) is 16.7 Å². The van der Waals surface area contributed by atoms with Gasteiger partial charge in [-0.1, -0.05) is 45.9 Å². The molecule has 1 aromatic heterocycles. The number of ketones is 1. The van der Waals surface area contributed by atoms with Gasteiger partial charge in [0.1, 0.15) is 5.69 Å². The van der Waals surface area contributed by atoms with E-state index >= 15 is 0 Å². The Kier molecular flexibility index (Phi) is 12.9. The summed E-state index contributed by atoms with van der Waals surface area (Å²) in [6.45, 7) is 13.1. The Labute approximate surface area is 224 Å². The summed E-state index contributed by atoms with van der Waals surface area (Å²) in [7, 11) is 0. The fourth-order valence-corrected chi connectivity index (χ4v) is 3.68. The van der Waals surface area contributed by atoms with Crippen molar-refractivity contribution in [2.75, 3.05) is 10.0 Å². The number of pyridine rings is 1. The van der Waals surface area contributed by atoms with Gasteiger partial charge >= 0.3 is 6.18 Å². The van der Waals surface area contributed by atoms with Crippen molar-refractivity contribution in [3.05, 3.63) is 94.8 Å². The first-order valence-electron chi connectivity index (χ1n) is 11.4. The predicted octanol–water partition coefficient (Wildman–Crippen LogP) is 8.59. The second kappa shape index (κ2) is 15.1. The summed E-state index contributed by atoms with van der Waals surface area (Å²) in [5.41, 5.74) is 1.06. The van der Waals surface area contributed by atoms with E-state index in [9.17, 15) is 22.8 Å². The molecule has 3 rings (SSSR count). The van der Waals surface area contributed by atoms with E-state index in [1.165, 1.54) is 30.5 Å². The number of carbonyl (C=O) groups excluding carboxylic acids is 2. The predicted molar refractivity (Wildman–Crippen MR) is 146 cm³/mol. The molecule has 1 heterocycles. The van der Waals surface area contributed by atoms with Crippen LogP contribution in [0.25, 0.3) is 0 Å². The molecule has 10 heteroatoms. The van der Waals surface area contributed by atoms with Crippen LogP contribution in [0, 0.1) is 6.92 Å². The SMILES string of the molecule is C=CC(=O)Nc1ccc(C(=O)c2ncc(C)cc2NSc2ccc(Cl)c(C(F)(F)F)c2)cc1.CC.CC. The summed E-state index contributed by atoms with van der Waals surface area (Å²) < 4.78 is 42.3. The third-order valence-electron chi connectivity index (χ3n) is 4.36. The first kappa shape index (κ1) is 31.7. The standard InChI is InChI=1S/C23H17ClF3N3O2S.2C2H6/c1-3-20(31)29-15-6-4-14(5-7-15)22(32)21-19(10-13(2)12-28-21)30-33-16-8-9-18(24)17(11-16)23(25,26)27;2*1-2/h3-12,30H,1H2,2H3,(H,29,31);2*1-2H3. The first-order valence-corrected chi connectivity index (χ1v) is 12.6. The third-order valence-corrected chi connectivity index (χ3v) is 5.50. The number of amides is 1. The Bertz CT molecular complexity index is 1220. The van der Waals surface area contributed by atoms with E-state index in [1.807, 2.05) is 27.7 Å². The van der Waals surface area contributed by atoms with Crippen molar-refractivity contribution in [2.24, 2.45) is 0 Å². The van der Waals surface area contributed by atoms with E-state index < -0.39 is 22.5 Å². The van der Waals surface area contributed by atoms with Crippen LogP contribution in [0.4, 0.5) is 24.5 Å². The Hall–Kier alpha value is -3.30. The number of carbonyl (C=O) groups is 2. The largest absolute Gasteiger partial charge is 0.417 e. The summed E-state index contributed by atoms with van der Waals surface area (Å²) in [5, 5.41) is 2.19. The van der Waals surface area contributed by atoms with Crippen LogP contribution in [0.15, 0.2) is 72.3 Å². The quantitative estimate of drug-likeness (QED) is 0.175. The second-order valence-electron chi connectivity index (χ2n) is 6.85. The number of nitrogens with zero attached hydrogens (tertiary/aromatic N) is 1. The lowest BCUT2D eigenvalue weighted by molar-refractivity contribution is -0.137. The number of aromatic nitrogens is 1. The normalized spacial score (nSPS) is 10.2. The maximum absolute atomic E-state index is 13.1. The number of anilines is 2. The van der Waals surface area contributed by atoms with E-state index in [2.05, 4.69) is 21.6 Å². The maximum atomic E-state index is 13.1. The number of benzene rings is 2. The molecule has 0 fully saturated rings. The van der Waals surface area contributed by atoms with Gasteiger partial charge in [0.25, 0.3) is 0 Å². The second-order valence-corrected chi connectivity index (χ2v) is 8.14. The average molecular weight is 552 g/mol. The molecule has 0 saturated carbocycles. The van der Waals surface area contributed by atoms with Crippen molar-refractivity contribution in [2.45, 2.75) is 45.7 Å². The van der Waals surface area contributed by atoms with Gasteiger partial charge in [-0.15, -0.1) is 0 Å². The molecule has 1 amide bonds. The molecule has 2 aromatic carbocycles. The van der Waals surface area contributed by atoms with E-state index in [0.717, 1.165) is 29.7 Å². The van der Waals surface area contributed by atoms with Crippen LogP contribution in [-0.2, 0) is 11.0 Å². The molecule has 37 heavy (non-hydrogen) atoms. The van der Waals surface area contributed by atoms with Gasteiger partial charge in [0, 0.05) is 22.3 Å². The number of halogens is 4. The molecule has 0 unspecified atom stereocenters. The summed E-state index contributed by atoms with van der Waals surface area (Å²) in [6.07, 6.45) is -1.94. The molecule has 0 saturated heterocycles. The summed E-state index contributed by atoms with van der Waals surface area (Å²) in [5.74, 6) is -0.777. The smallest absolute Gasteiger partial charge is 0.324 e. The maximum Gasteiger partial charge on any atom is 0.417 e. The van der Waals surface area contributed by atoms with Crippen molar-refractivity contribution < 1.29 is 22.8 Å². The van der Waals surface area contributed by atoms with Gasteiger partial charge in [0.2, 0.25) is 11.7 Å². The topological polar surface area (TPSA) is 71.1 Å². The first-order chi connectivity index (χ1) is 17.6. The van der Waals surface area contributed by atoms with E-state index in [0.29, 0.717) is 16.9 Å². The van der Waals surface area contributed by atoms with E-state index in [4.69, 9.17) is 11.6 Å². The number of hydrogen-bond acceptors (Lipinski definition) is 5. The monoisotopic (exact) mass is 551 g/mol. The number of alkyl halides is 3. The molecule has 3 aromatic rings. The zero-order chi connectivity index (χ0) is 28.2. The van der Waals surface area contributed by atoms with Gasteiger partial charge in [-0.2, -0.15) is 13.2 Å². The highest BCUT2D eigenvalue weighted by Crippen LogP contribution is 2.37. The van der Waals surface area contributed by atoms with Gasteiger partial charge in [-0.05, 0) is 79.0 Å². The van der Waals surface area contributed by atoms with Gasteiger partial charge < -0.3 is 10.0 Å². The van der Waals surface area contributed by atoms with Crippen LogP contribution in [0.3, 0.4) is 0 Å². The van der Waals surface area contributed by atoms with E-state index in [1.54, 1.807) is 25.1 Å². The molecular formula is C27H29ClF3N3O2S. The average Bonchev–Trinajstić information content (AvgIpc) is 2.90. The Morgan fingerprint density at radius 2 is 1.65 bits per heavy atom. The number of aryl methyl sites for hydroxylation is 1. The minimum atomic E-state index is -4.59. The third kappa shape index (κ3) is 9.26. The van der Waals surface area contributed by atoms with Crippen LogP contribution in [0.2, 0.25) is 5.02 Å². The molecule has 0 atom stereocenters. The van der Waals surface area contributed by atoms with Crippen molar-refractivity contribution in [3.8, 4) is 0 Å². The Balaban J connectivity index is 0.00000163. The Morgan fingerprint density at radius 3 is 2.22 bits per heavy atom. The van der Waals surface area contributed by atoms with Crippen molar-refractivity contribution in [1.29, 1.82) is 0 Å². The van der Waals surface area contributed by atoms with Crippen molar-refractivity contribution in [3.63, 3.8) is 0 Å². The highest BCUT2D eigenvalue weighted by molar-refractivity contribution is 8.00. The summed E-state index contributed by atoms with van der Waals surface area (Å²) >= 11 is 6.57. The van der Waals surface area contributed by atoms with Crippen molar-refractivity contribution >= 4 is 46.6 Å². The molecule has 198 valence electrons. The van der Waals surface area contributed by atoms with Gasteiger partial charge in [0.15, 0.2) is 0 Å². The molecule has 0 aliphatic heterocycles. The number of rotatable bonds is 7. The molecule has 0 radical (unpaired) electrons. The fraction of sp³-hybridized carbons (Fsp3) is 0.222. The molecule has 0 aliphatic carbocycles. The van der Waals surface area contributed by atoms with Crippen molar-refractivity contribution in [1.82, 2.24) is 4.98 Å². The van der Waals surface area contributed by atoms with Crippen LogP contribution in [0.5, 0.6) is 0 Å². The molecule has 5 nitrogen and oxygen atoms in total. The lowest BCUT2D eigenvalue weighted by Gasteiger charge is -2.13. The summed E-state index contributed by atoms with van der Waals surface area (Å²) in [6, 6.07) is 11.4. The number of nitrogens with one attached hydrogen (secondary N) is 2. The van der Waals surface area contributed by atoms with Crippen LogP contribution in [0.1, 0.15) is 54.9 Å². The zero-order valence-electron chi connectivity index (χ0n) is 21.2. The highest BCUT2D eigenvalue weighted by Gasteiger charge is 2.33. The van der Waals surface area contributed by atoms with Gasteiger partial charge in [-0.3, -0.25) is 14.6 Å². The minimum Gasteiger partial charge on any atom is -0.324 e. The lowest BCUT2D eigenvalue weighted by Crippen LogP contribution is -2.10. The van der Waals surface area contributed by atoms with E-state index in [-0.39, 0.29) is 16.5 Å². The molecule has 2 N–H and O–H groups in total. The Morgan fingerprint density at radius 1 is 1.03 bits per heavy atom. The molecule has 0 bridgehead atoms. The fourth-order valence-electron chi connectivity index (χ4n) is 2.76.